The Morgan fingerprint density at radius 1 is 1.41 bits per heavy atom. The number of phenolic OH excluding ortho intramolecular Hbond substituents is 1. The lowest BCUT2D eigenvalue weighted by Gasteiger charge is -2.29. The summed E-state index contributed by atoms with van der Waals surface area (Å²) in [5, 5.41) is 17.2. The molecule has 4 nitrogen and oxygen atoms in total. The first kappa shape index (κ1) is 17.0. The minimum absolute atomic E-state index is 0.292. The van der Waals surface area contributed by atoms with Crippen LogP contribution in [-0.4, -0.2) is 35.2 Å². The van der Waals surface area contributed by atoms with Gasteiger partial charge in [-0.3, -0.25) is 0 Å². The third kappa shape index (κ3) is 5.44. The Balaban J connectivity index is 1.95. The van der Waals surface area contributed by atoms with Gasteiger partial charge >= 0.3 is 0 Å². The molecule has 0 aromatic heterocycles. The molecule has 0 bridgehead atoms. The highest BCUT2D eigenvalue weighted by molar-refractivity contribution is 7.99. The van der Waals surface area contributed by atoms with Crippen molar-refractivity contribution in [3.05, 3.63) is 29.8 Å². The Kier molecular flexibility index (Phi) is 6.90. The molecule has 122 valence electrons. The molecule has 0 amide bonds. The summed E-state index contributed by atoms with van der Waals surface area (Å²) in [6.07, 6.45) is 7.24. The molecule has 5 heteroatoms. The van der Waals surface area contributed by atoms with Crippen molar-refractivity contribution in [3.8, 4) is 5.75 Å². The van der Waals surface area contributed by atoms with Crippen molar-refractivity contribution in [2.24, 2.45) is 4.99 Å². The fraction of sp³-hybridized carbons (Fsp3) is 0.588. The standard InChI is InChI=1S/C17H27N3OS/c1-3-18-17(19-12-13-6-4-8-15(21)10-13)20-14-7-5-9-16(11-14)22-2/h4,6,8,10,14,16,21H,3,5,7,9,11-12H2,1-2H3,(H2,18,19,20). The normalized spacial score (nSPS) is 22.4. The molecule has 1 aromatic rings. The minimum Gasteiger partial charge on any atom is -0.508 e. The number of phenols is 1. The van der Waals surface area contributed by atoms with Crippen molar-refractivity contribution >= 4 is 17.7 Å². The Morgan fingerprint density at radius 2 is 2.27 bits per heavy atom. The van der Waals surface area contributed by atoms with Crippen molar-refractivity contribution < 1.29 is 5.11 Å². The molecule has 1 aromatic carbocycles. The first-order chi connectivity index (χ1) is 10.7. The lowest BCUT2D eigenvalue weighted by Crippen LogP contribution is -2.45. The monoisotopic (exact) mass is 321 g/mol. The number of guanidine groups is 1. The SMILES string of the molecule is CCNC(=NCc1cccc(O)c1)NC1CCCC(SC)C1. The van der Waals surface area contributed by atoms with E-state index in [9.17, 15) is 5.11 Å². The van der Waals surface area contributed by atoms with E-state index in [0.29, 0.717) is 18.3 Å². The van der Waals surface area contributed by atoms with Gasteiger partial charge in [-0.05, 0) is 50.1 Å². The molecule has 1 aliphatic rings. The summed E-state index contributed by atoms with van der Waals surface area (Å²) in [5.41, 5.74) is 1.02. The zero-order chi connectivity index (χ0) is 15.8. The number of nitrogens with zero attached hydrogens (tertiary/aromatic N) is 1. The molecule has 2 atom stereocenters. The van der Waals surface area contributed by atoms with Crippen LogP contribution in [0.5, 0.6) is 5.75 Å². The molecule has 1 fully saturated rings. The average Bonchev–Trinajstić information content (AvgIpc) is 2.53. The molecule has 0 aliphatic heterocycles. The van der Waals surface area contributed by atoms with Crippen molar-refractivity contribution in [2.45, 2.75) is 50.4 Å². The number of nitrogens with one attached hydrogen (secondary N) is 2. The Labute approximate surface area is 137 Å². The minimum atomic E-state index is 0.292. The zero-order valence-corrected chi connectivity index (χ0v) is 14.3. The number of aromatic hydroxyl groups is 1. The van der Waals surface area contributed by atoms with Gasteiger partial charge in [0.15, 0.2) is 5.96 Å². The van der Waals surface area contributed by atoms with Gasteiger partial charge in [-0.1, -0.05) is 18.6 Å². The molecular formula is C17H27N3OS. The second-order valence-corrected chi connectivity index (χ2v) is 6.87. The second kappa shape index (κ2) is 8.93. The van der Waals surface area contributed by atoms with Gasteiger partial charge in [-0.25, -0.2) is 4.99 Å². The van der Waals surface area contributed by atoms with E-state index in [1.165, 1.54) is 25.7 Å². The number of hydrogen-bond acceptors (Lipinski definition) is 3. The van der Waals surface area contributed by atoms with Crippen molar-refractivity contribution in [3.63, 3.8) is 0 Å². The largest absolute Gasteiger partial charge is 0.508 e. The summed E-state index contributed by atoms with van der Waals surface area (Å²) in [6, 6.07) is 7.79. The van der Waals surface area contributed by atoms with Crippen LogP contribution in [0, 0.1) is 0 Å². The Hall–Kier alpha value is -1.36. The maximum atomic E-state index is 9.52. The fourth-order valence-corrected chi connectivity index (χ4v) is 3.66. The third-order valence-electron chi connectivity index (χ3n) is 3.97. The molecule has 1 aliphatic carbocycles. The van der Waals surface area contributed by atoms with Crippen LogP contribution in [0.15, 0.2) is 29.3 Å². The van der Waals surface area contributed by atoms with Crippen LogP contribution in [0.25, 0.3) is 0 Å². The van der Waals surface area contributed by atoms with Gasteiger partial charge in [0, 0.05) is 17.8 Å². The summed E-state index contributed by atoms with van der Waals surface area (Å²) in [7, 11) is 0. The number of thioether (sulfide) groups is 1. The molecule has 0 heterocycles. The molecule has 0 radical (unpaired) electrons. The Morgan fingerprint density at radius 3 is 3.00 bits per heavy atom. The van der Waals surface area contributed by atoms with Gasteiger partial charge in [0.25, 0.3) is 0 Å². The second-order valence-electron chi connectivity index (χ2n) is 5.73. The number of benzene rings is 1. The number of hydrogen-bond donors (Lipinski definition) is 3. The van der Waals surface area contributed by atoms with Crippen LogP contribution in [0.2, 0.25) is 0 Å². The first-order valence-corrected chi connectivity index (χ1v) is 9.35. The summed E-state index contributed by atoms with van der Waals surface area (Å²) < 4.78 is 0. The highest BCUT2D eigenvalue weighted by Crippen LogP contribution is 2.26. The number of aliphatic imine (C=N–C) groups is 1. The zero-order valence-electron chi connectivity index (χ0n) is 13.5. The van der Waals surface area contributed by atoms with E-state index in [2.05, 4.69) is 28.8 Å². The molecular weight excluding hydrogens is 294 g/mol. The van der Waals surface area contributed by atoms with Crippen LogP contribution in [0.4, 0.5) is 0 Å². The van der Waals surface area contributed by atoms with Crippen LogP contribution in [-0.2, 0) is 6.54 Å². The highest BCUT2D eigenvalue weighted by Gasteiger charge is 2.21. The molecule has 0 spiro atoms. The van der Waals surface area contributed by atoms with Crippen molar-refractivity contribution in [2.75, 3.05) is 12.8 Å². The summed E-state index contributed by atoms with van der Waals surface area (Å²) in [5.74, 6) is 1.17. The highest BCUT2D eigenvalue weighted by atomic mass is 32.2. The Bertz CT molecular complexity index is 493. The van der Waals surface area contributed by atoms with E-state index in [1.54, 1.807) is 12.1 Å². The van der Waals surface area contributed by atoms with Gasteiger partial charge in [0.05, 0.1) is 6.54 Å². The predicted molar refractivity (Wildman–Crippen MR) is 95.6 cm³/mol. The maximum absolute atomic E-state index is 9.52. The van der Waals surface area contributed by atoms with E-state index >= 15 is 0 Å². The van der Waals surface area contributed by atoms with Crippen molar-refractivity contribution in [1.29, 1.82) is 0 Å². The molecule has 1 saturated carbocycles. The number of rotatable bonds is 5. The van der Waals surface area contributed by atoms with E-state index in [4.69, 9.17) is 0 Å². The van der Waals surface area contributed by atoms with Crippen LogP contribution < -0.4 is 10.6 Å². The molecule has 0 saturated heterocycles. The smallest absolute Gasteiger partial charge is 0.191 e. The third-order valence-corrected chi connectivity index (χ3v) is 5.07. The maximum Gasteiger partial charge on any atom is 0.191 e. The molecule has 2 rings (SSSR count). The van der Waals surface area contributed by atoms with Gasteiger partial charge in [0.1, 0.15) is 5.75 Å². The van der Waals surface area contributed by atoms with E-state index < -0.39 is 0 Å². The summed E-state index contributed by atoms with van der Waals surface area (Å²) in [6.45, 7) is 3.50. The average molecular weight is 321 g/mol. The van der Waals surface area contributed by atoms with Crippen LogP contribution in [0.1, 0.15) is 38.2 Å². The molecule has 22 heavy (non-hydrogen) atoms. The lowest BCUT2D eigenvalue weighted by atomic mass is 9.95. The van der Waals surface area contributed by atoms with Gasteiger partial charge in [0.2, 0.25) is 0 Å². The predicted octanol–water partition coefficient (Wildman–Crippen LogP) is 3.12. The van der Waals surface area contributed by atoms with Crippen molar-refractivity contribution in [1.82, 2.24) is 10.6 Å². The lowest BCUT2D eigenvalue weighted by molar-refractivity contribution is 0.419. The quantitative estimate of drug-likeness (QED) is 0.576. The molecule has 2 unspecified atom stereocenters. The van der Waals surface area contributed by atoms with E-state index in [-0.39, 0.29) is 0 Å². The van der Waals surface area contributed by atoms with Crippen LogP contribution >= 0.6 is 11.8 Å². The topological polar surface area (TPSA) is 56.7 Å². The molecule has 3 N–H and O–H groups in total. The van der Waals surface area contributed by atoms with Gasteiger partial charge in [-0.15, -0.1) is 0 Å². The fourth-order valence-electron chi connectivity index (χ4n) is 2.83. The first-order valence-electron chi connectivity index (χ1n) is 8.06. The summed E-state index contributed by atoms with van der Waals surface area (Å²) in [4.78, 5) is 4.65. The van der Waals surface area contributed by atoms with E-state index in [1.807, 2.05) is 23.9 Å². The van der Waals surface area contributed by atoms with Gasteiger partial charge < -0.3 is 15.7 Å². The van der Waals surface area contributed by atoms with Gasteiger partial charge in [-0.2, -0.15) is 11.8 Å². The van der Waals surface area contributed by atoms with E-state index in [0.717, 1.165) is 23.3 Å². The van der Waals surface area contributed by atoms with Crippen LogP contribution in [0.3, 0.4) is 0 Å². The summed E-state index contributed by atoms with van der Waals surface area (Å²) >= 11 is 1.97.